The number of aromatic nitrogens is 2. The van der Waals surface area contributed by atoms with Gasteiger partial charge in [0.2, 0.25) is 0 Å². The standard InChI is InChI=1S/C17H28N4/c1-13(2)7-18-8-16-9-20-17(10-19-16)21(11-14-3-4-14)12-15-5-6-15/h9-10,13-15,18H,3-8,11-12H2,1-2H3. The van der Waals surface area contributed by atoms with Gasteiger partial charge in [-0.2, -0.15) is 0 Å². The van der Waals surface area contributed by atoms with E-state index in [-0.39, 0.29) is 0 Å². The van der Waals surface area contributed by atoms with Gasteiger partial charge in [0.25, 0.3) is 0 Å². The van der Waals surface area contributed by atoms with Crippen molar-refractivity contribution in [1.82, 2.24) is 15.3 Å². The van der Waals surface area contributed by atoms with Crippen molar-refractivity contribution in [1.29, 1.82) is 0 Å². The van der Waals surface area contributed by atoms with E-state index in [1.807, 2.05) is 12.4 Å². The summed E-state index contributed by atoms with van der Waals surface area (Å²) in [6, 6.07) is 0. The third-order valence-electron chi connectivity index (χ3n) is 4.23. The quantitative estimate of drug-likeness (QED) is 0.758. The zero-order valence-electron chi connectivity index (χ0n) is 13.4. The van der Waals surface area contributed by atoms with Gasteiger partial charge in [0.1, 0.15) is 5.82 Å². The zero-order valence-corrected chi connectivity index (χ0v) is 13.4. The predicted molar refractivity (Wildman–Crippen MR) is 86.2 cm³/mol. The number of nitrogens with one attached hydrogen (secondary N) is 1. The molecule has 1 heterocycles. The number of anilines is 1. The number of rotatable bonds is 9. The van der Waals surface area contributed by atoms with Gasteiger partial charge < -0.3 is 10.2 Å². The van der Waals surface area contributed by atoms with Crippen LogP contribution < -0.4 is 10.2 Å². The number of nitrogens with zero attached hydrogens (tertiary/aromatic N) is 3. The summed E-state index contributed by atoms with van der Waals surface area (Å²) in [5.41, 5.74) is 1.04. The van der Waals surface area contributed by atoms with Crippen LogP contribution in [-0.2, 0) is 6.54 Å². The molecule has 0 bridgehead atoms. The summed E-state index contributed by atoms with van der Waals surface area (Å²) in [6.45, 7) is 8.63. The molecule has 0 aliphatic heterocycles. The third-order valence-corrected chi connectivity index (χ3v) is 4.23. The lowest BCUT2D eigenvalue weighted by Gasteiger charge is -2.23. The van der Waals surface area contributed by atoms with Crippen LogP contribution in [0.15, 0.2) is 12.4 Å². The summed E-state index contributed by atoms with van der Waals surface area (Å²) in [5, 5.41) is 3.42. The minimum absolute atomic E-state index is 0.671. The maximum Gasteiger partial charge on any atom is 0.147 e. The highest BCUT2D eigenvalue weighted by molar-refractivity contribution is 5.36. The van der Waals surface area contributed by atoms with Gasteiger partial charge in [0, 0.05) is 19.6 Å². The summed E-state index contributed by atoms with van der Waals surface area (Å²) >= 11 is 0. The van der Waals surface area contributed by atoms with Crippen LogP contribution in [-0.4, -0.2) is 29.6 Å². The molecule has 21 heavy (non-hydrogen) atoms. The lowest BCUT2D eigenvalue weighted by atomic mass is 10.2. The van der Waals surface area contributed by atoms with Crippen LogP contribution in [0.3, 0.4) is 0 Å². The van der Waals surface area contributed by atoms with Gasteiger partial charge in [-0.3, -0.25) is 4.98 Å². The molecule has 2 fully saturated rings. The molecule has 0 spiro atoms. The molecule has 3 rings (SSSR count). The number of hydrogen-bond donors (Lipinski definition) is 1. The number of hydrogen-bond acceptors (Lipinski definition) is 4. The van der Waals surface area contributed by atoms with E-state index in [2.05, 4.69) is 34.0 Å². The molecular weight excluding hydrogens is 260 g/mol. The van der Waals surface area contributed by atoms with Crippen molar-refractivity contribution in [2.24, 2.45) is 17.8 Å². The first-order valence-electron chi connectivity index (χ1n) is 8.47. The predicted octanol–water partition coefficient (Wildman–Crippen LogP) is 2.85. The van der Waals surface area contributed by atoms with E-state index >= 15 is 0 Å². The SMILES string of the molecule is CC(C)CNCc1cnc(N(CC2CC2)CC2CC2)cn1. The van der Waals surface area contributed by atoms with Crippen molar-refractivity contribution in [3.05, 3.63) is 18.1 Å². The molecule has 116 valence electrons. The molecule has 2 aliphatic carbocycles. The molecule has 0 amide bonds. The summed E-state index contributed by atoms with van der Waals surface area (Å²) in [5.74, 6) is 3.54. The summed E-state index contributed by atoms with van der Waals surface area (Å²) in [6.07, 6.45) is 9.49. The molecule has 1 aromatic heterocycles. The maximum absolute atomic E-state index is 4.66. The third kappa shape index (κ3) is 4.95. The molecule has 4 heteroatoms. The molecule has 2 aliphatic rings. The van der Waals surface area contributed by atoms with Crippen molar-refractivity contribution in [2.45, 2.75) is 46.1 Å². The average Bonchev–Trinajstić information content (AvgIpc) is 3.34. The fourth-order valence-corrected chi connectivity index (χ4v) is 2.58. The van der Waals surface area contributed by atoms with Gasteiger partial charge in [0.05, 0.1) is 18.1 Å². The highest BCUT2D eigenvalue weighted by Crippen LogP contribution is 2.35. The van der Waals surface area contributed by atoms with Gasteiger partial charge in [-0.1, -0.05) is 13.8 Å². The smallest absolute Gasteiger partial charge is 0.147 e. The Bertz CT molecular complexity index is 421. The van der Waals surface area contributed by atoms with Crippen LogP contribution in [0.1, 0.15) is 45.2 Å². The summed E-state index contributed by atoms with van der Waals surface area (Å²) in [7, 11) is 0. The lowest BCUT2D eigenvalue weighted by molar-refractivity contribution is 0.547. The van der Waals surface area contributed by atoms with Crippen molar-refractivity contribution in [3.8, 4) is 0 Å². The Labute approximate surface area is 128 Å². The van der Waals surface area contributed by atoms with E-state index in [0.29, 0.717) is 5.92 Å². The lowest BCUT2D eigenvalue weighted by Crippen LogP contribution is -2.29. The second kappa shape index (κ2) is 6.73. The largest absolute Gasteiger partial charge is 0.355 e. The Morgan fingerprint density at radius 1 is 1.10 bits per heavy atom. The van der Waals surface area contributed by atoms with E-state index < -0.39 is 0 Å². The Morgan fingerprint density at radius 3 is 2.24 bits per heavy atom. The molecule has 1 aromatic rings. The first-order valence-corrected chi connectivity index (χ1v) is 8.47. The Morgan fingerprint density at radius 2 is 1.76 bits per heavy atom. The molecule has 0 atom stereocenters. The first kappa shape index (κ1) is 14.8. The molecule has 4 nitrogen and oxygen atoms in total. The van der Waals surface area contributed by atoms with Gasteiger partial charge in [-0.05, 0) is 50.0 Å². The summed E-state index contributed by atoms with van der Waals surface area (Å²) < 4.78 is 0. The minimum atomic E-state index is 0.671. The van der Waals surface area contributed by atoms with Crippen LogP contribution in [0.2, 0.25) is 0 Å². The molecule has 0 radical (unpaired) electrons. The van der Waals surface area contributed by atoms with Crippen molar-refractivity contribution in [2.75, 3.05) is 24.5 Å². The second-order valence-electron chi connectivity index (χ2n) is 7.18. The highest BCUT2D eigenvalue weighted by atomic mass is 15.2. The van der Waals surface area contributed by atoms with Crippen molar-refractivity contribution < 1.29 is 0 Å². The van der Waals surface area contributed by atoms with Gasteiger partial charge >= 0.3 is 0 Å². The van der Waals surface area contributed by atoms with Crippen molar-refractivity contribution >= 4 is 5.82 Å². The molecule has 0 saturated heterocycles. The van der Waals surface area contributed by atoms with Crippen LogP contribution >= 0.6 is 0 Å². The van der Waals surface area contributed by atoms with Crippen LogP contribution in [0.5, 0.6) is 0 Å². The minimum Gasteiger partial charge on any atom is -0.355 e. The van der Waals surface area contributed by atoms with Crippen LogP contribution in [0.25, 0.3) is 0 Å². The molecule has 2 saturated carbocycles. The van der Waals surface area contributed by atoms with E-state index in [9.17, 15) is 0 Å². The topological polar surface area (TPSA) is 41.1 Å². The van der Waals surface area contributed by atoms with E-state index in [1.54, 1.807) is 0 Å². The molecule has 0 aromatic carbocycles. The Kier molecular flexibility index (Phi) is 4.73. The van der Waals surface area contributed by atoms with E-state index in [1.165, 1.54) is 38.8 Å². The van der Waals surface area contributed by atoms with E-state index in [0.717, 1.165) is 36.4 Å². The highest BCUT2D eigenvalue weighted by Gasteiger charge is 2.29. The fraction of sp³-hybridized carbons (Fsp3) is 0.765. The van der Waals surface area contributed by atoms with Gasteiger partial charge in [-0.15, -0.1) is 0 Å². The van der Waals surface area contributed by atoms with Crippen molar-refractivity contribution in [3.63, 3.8) is 0 Å². The normalized spacial score (nSPS) is 18.2. The van der Waals surface area contributed by atoms with Gasteiger partial charge in [0.15, 0.2) is 0 Å². The summed E-state index contributed by atoms with van der Waals surface area (Å²) in [4.78, 5) is 11.7. The molecular formula is C17H28N4. The first-order chi connectivity index (χ1) is 10.2. The maximum atomic E-state index is 4.66. The average molecular weight is 288 g/mol. The monoisotopic (exact) mass is 288 g/mol. The second-order valence-corrected chi connectivity index (χ2v) is 7.18. The molecule has 1 N–H and O–H groups in total. The zero-order chi connectivity index (χ0) is 14.7. The fourth-order valence-electron chi connectivity index (χ4n) is 2.58. The van der Waals surface area contributed by atoms with Crippen LogP contribution in [0, 0.1) is 17.8 Å². The van der Waals surface area contributed by atoms with Gasteiger partial charge in [-0.25, -0.2) is 4.98 Å². The Hall–Kier alpha value is -1.16. The Balaban J connectivity index is 1.54. The van der Waals surface area contributed by atoms with E-state index in [4.69, 9.17) is 0 Å². The van der Waals surface area contributed by atoms with Crippen LogP contribution in [0.4, 0.5) is 5.82 Å². The molecule has 0 unspecified atom stereocenters.